The van der Waals surface area contributed by atoms with Crippen molar-refractivity contribution in [2.75, 3.05) is 0 Å². The van der Waals surface area contributed by atoms with Crippen LogP contribution < -0.4 is 4.74 Å². The number of hydrogen-bond donors (Lipinski definition) is 0. The van der Waals surface area contributed by atoms with Gasteiger partial charge in [-0.3, -0.25) is 0 Å². The van der Waals surface area contributed by atoms with Crippen LogP contribution in [0.25, 0.3) is 11.1 Å². The number of terminal acetylenes is 1. The zero-order valence-corrected chi connectivity index (χ0v) is 11.3. The molecule has 0 aliphatic rings. The predicted octanol–water partition coefficient (Wildman–Crippen LogP) is 5.25. The third-order valence-electron chi connectivity index (χ3n) is 2.89. The van der Waals surface area contributed by atoms with Gasteiger partial charge in [0.25, 0.3) is 0 Å². The highest BCUT2D eigenvalue weighted by Gasteiger charge is 2.36. The Morgan fingerprint density at radius 2 is 1.52 bits per heavy atom. The molecular formula is C16H8F6O. The van der Waals surface area contributed by atoms with Crippen LogP contribution in [0.3, 0.4) is 0 Å². The zero-order valence-electron chi connectivity index (χ0n) is 11.3. The van der Waals surface area contributed by atoms with Crippen LogP contribution in [0, 0.1) is 12.3 Å². The summed E-state index contributed by atoms with van der Waals surface area (Å²) in [7, 11) is 0. The maximum absolute atomic E-state index is 13.1. The van der Waals surface area contributed by atoms with Crippen molar-refractivity contribution in [3.63, 3.8) is 0 Å². The third kappa shape index (κ3) is 3.97. The summed E-state index contributed by atoms with van der Waals surface area (Å²) in [5, 5.41) is 0. The molecule has 1 nitrogen and oxygen atoms in total. The van der Waals surface area contributed by atoms with E-state index in [0.717, 1.165) is 36.4 Å². The molecule has 0 aromatic heterocycles. The standard InChI is InChI=1S/C16H8F6O/c1-2-10-7-8-14(23-16(20,21)22)12(9-10)11-5-3-4-6-13(11)15(17,18)19/h1,3-9H. The monoisotopic (exact) mass is 330 g/mol. The van der Waals surface area contributed by atoms with E-state index in [1.165, 1.54) is 6.07 Å². The van der Waals surface area contributed by atoms with Gasteiger partial charge in [0.05, 0.1) is 5.56 Å². The van der Waals surface area contributed by atoms with Gasteiger partial charge < -0.3 is 4.74 Å². The fourth-order valence-electron chi connectivity index (χ4n) is 2.01. The zero-order chi connectivity index (χ0) is 17.3. The topological polar surface area (TPSA) is 9.23 Å². The summed E-state index contributed by atoms with van der Waals surface area (Å²) in [5.41, 5.74) is -1.78. The smallest absolute Gasteiger partial charge is 0.405 e. The summed E-state index contributed by atoms with van der Waals surface area (Å²) in [5.74, 6) is 1.41. The van der Waals surface area contributed by atoms with Gasteiger partial charge in [0, 0.05) is 11.1 Å². The van der Waals surface area contributed by atoms with Crippen LogP contribution in [-0.2, 0) is 6.18 Å². The van der Waals surface area contributed by atoms with Gasteiger partial charge in [-0.25, -0.2) is 0 Å². The summed E-state index contributed by atoms with van der Waals surface area (Å²) < 4.78 is 80.5. The van der Waals surface area contributed by atoms with E-state index in [4.69, 9.17) is 6.42 Å². The van der Waals surface area contributed by atoms with Crippen LogP contribution in [0.1, 0.15) is 11.1 Å². The Morgan fingerprint density at radius 1 is 0.870 bits per heavy atom. The Morgan fingerprint density at radius 3 is 2.09 bits per heavy atom. The Labute approximate surface area is 127 Å². The fourth-order valence-corrected chi connectivity index (χ4v) is 2.01. The first kappa shape index (κ1) is 16.7. The van der Waals surface area contributed by atoms with E-state index in [0.29, 0.717) is 0 Å². The van der Waals surface area contributed by atoms with E-state index in [2.05, 4.69) is 10.7 Å². The lowest BCUT2D eigenvalue weighted by Crippen LogP contribution is -2.18. The first-order valence-corrected chi connectivity index (χ1v) is 6.15. The maximum Gasteiger partial charge on any atom is 0.573 e. The number of halogens is 6. The molecule has 0 aliphatic carbocycles. The van der Waals surface area contributed by atoms with E-state index in [-0.39, 0.29) is 11.1 Å². The molecule has 0 saturated heterocycles. The molecule has 0 radical (unpaired) electrons. The molecule has 7 heteroatoms. The normalized spacial score (nSPS) is 11.9. The van der Waals surface area contributed by atoms with Gasteiger partial charge in [-0.05, 0) is 29.8 Å². The molecule has 0 fully saturated rings. The Balaban J connectivity index is 2.70. The second-order valence-corrected chi connectivity index (χ2v) is 4.45. The van der Waals surface area contributed by atoms with E-state index < -0.39 is 29.4 Å². The molecular weight excluding hydrogens is 322 g/mol. The second kappa shape index (κ2) is 5.88. The van der Waals surface area contributed by atoms with Crippen LogP contribution in [0.4, 0.5) is 26.3 Å². The minimum absolute atomic E-state index is 0.131. The van der Waals surface area contributed by atoms with Crippen molar-refractivity contribution in [2.45, 2.75) is 12.5 Å². The molecule has 0 amide bonds. The maximum atomic E-state index is 13.1. The average Bonchev–Trinajstić information content (AvgIpc) is 2.45. The minimum Gasteiger partial charge on any atom is -0.405 e. The molecule has 0 spiro atoms. The van der Waals surface area contributed by atoms with Crippen molar-refractivity contribution in [3.8, 4) is 29.2 Å². The number of rotatable bonds is 2. The molecule has 120 valence electrons. The first-order valence-electron chi connectivity index (χ1n) is 6.15. The van der Waals surface area contributed by atoms with Crippen LogP contribution in [0.15, 0.2) is 42.5 Å². The number of hydrogen-bond acceptors (Lipinski definition) is 1. The second-order valence-electron chi connectivity index (χ2n) is 4.45. The molecule has 2 aromatic carbocycles. The predicted molar refractivity (Wildman–Crippen MR) is 71.5 cm³/mol. The van der Waals surface area contributed by atoms with E-state index in [9.17, 15) is 26.3 Å². The third-order valence-corrected chi connectivity index (χ3v) is 2.89. The van der Waals surface area contributed by atoms with E-state index >= 15 is 0 Å². The number of benzene rings is 2. The molecule has 0 atom stereocenters. The molecule has 0 heterocycles. The van der Waals surface area contributed by atoms with Gasteiger partial charge in [0.2, 0.25) is 0 Å². The summed E-state index contributed by atoms with van der Waals surface area (Å²) in [6.45, 7) is 0. The SMILES string of the molecule is C#Cc1ccc(OC(F)(F)F)c(-c2ccccc2C(F)(F)F)c1. The van der Waals surface area contributed by atoms with Gasteiger partial charge in [-0.2, -0.15) is 13.2 Å². The average molecular weight is 330 g/mol. The lowest BCUT2D eigenvalue weighted by molar-refractivity contribution is -0.274. The number of alkyl halides is 6. The molecule has 2 rings (SSSR count). The van der Waals surface area contributed by atoms with Crippen molar-refractivity contribution in [2.24, 2.45) is 0 Å². The number of ether oxygens (including phenoxy) is 1. The Kier molecular flexibility index (Phi) is 4.28. The summed E-state index contributed by atoms with van der Waals surface area (Å²) in [6.07, 6.45) is -4.62. The molecule has 0 unspecified atom stereocenters. The lowest BCUT2D eigenvalue weighted by atomic mass is 9.97. The van der Waals surface area contributed by atoms with Crippen LogP contribution in [0.5, 0.6) is 5.75 Å². The van der Waals surface area contributed by atoms with Crippen molar-refractivity contribution in [1.82, 2.24) is 0 Å². The summed E-state index contributed by atoms with van der Waals surface area (Å²) >= 11 is 0. The van der Waals surface area contributed by atoms with E-state index in [1.807, 2.05) is 0 Å². The molecule has 23 heavy (non-hydrogen) atoms. The Hall–Kier alpha value is -2.62. The Bertz CT molecular complexity index is 752. The van der Waals surface area contributed by atoms with Crippen molar-refractivity contribution in [3.05, 3.63) is 53.6 Å². The van der Waals surface area contributed by atoms with Crippen molar-refractivity contribution >= 4 is 0 Å². The van der Waals surface area contributed by atoms with E-state index in [1.54, 1.807) is 0 Å². The van der Waals surface area contributed by atoms with Gasteiger partial charge in [-0.15, -0.1) is 19.6 Å². The summed E-state index contributed by atoms with van der Waals surface area (Å²) in [6, 6.07) is 7.35. The molecule has 0 saturated carbocycles. The van der Waals surface area contributed by atoms with Gasteiger partial charge in [-0.1, -0.05) is 24.1 Å². The first-order chi connectivity index (χ1) is 10.6. The largest absolute Gasteiger partial charge is 0.573 e. The quantitative estimate of drug-likeness (QED) is 0.540. The van der Waals surface area contributed by atoms with Crippen LogP contribution >= 0.6 is 0 Å². The molecule has 2 aromatic rings. The molecule has 0 N–H and O–H groups in total. The lowest BCUT2D eigenvalue weighted by Gasteiger charge is -2.17. The fraction of sp³-hybridized carbons (Fsp3) is 0.125. The van der Waals surface area contributed by atoms with Crippen molar-refractivity contribution in [1.29, 1.82) is 0 Å². The van der Waals surface area contributed by atoms with Crippen LogP contribution in [-0.4, -0.2) is 6.36 Å². The summed E-state index contributed by atoms with van der Waals surface area (Å²) in [4.78, 5) is 0. The molecule has 0 aliphatic heterocycles. The van der Waals surface area contributed by atoms with Crippen molar-refractivity contribution < 1.29 is 31.1 Å². The molecule has 0 bridgehead atoms. The highest BCUT2D eigenvalue weighted by Crippen LogP contribution is 2.41. The van der Waals surface area contributed by atoms with Crippen LogP contribution in [0.2, 0.25) is 0 Å². The van der Waals surface area contributed by atoms with Gasteiger partial charge in [0.1, 0.15) is 5.75 Å². The van der Waals surface area contributed by atoms with Gasteiger partial charge >= 0.3 is 12.5 Å². The minimum atomic E-state index is -5.04. The van der Waals surface area contributed by atoms with Gasteiger partial charge in [0.15, 0.2) is 0 Å². The highest BCUT2D eigenvalue weighted by molar-refractivity contribution is 5.75. The highest BCUT2D eigenvalue weighted by atomic mass is 19.4.